The first-order valence-electron chi connectivity index (χ1n) is 17.5. The van der Waals surface area contributed by atoms with Crippen LogP contribution < -0.4 is 0 Å². The highest BCUT2D eigenvalue weighted by molar-refractivity contribution is 5.87. The van der Waals surface area contributed by atoms with Gasteiger partial charge in [-0.1, -0.05) is 65.3 Å². The number of rotatable bonds is 5. The number of ether oxygens (including phenoxy) is 1. The Labute approximate surface area is 274 Å². The van der Waals surface area contributed by atoms with Crippen LogP contribution in [-0.2, 0) is 14.3 Å². The zero-order valence-electron chi connectivity index (χ0n) is 28.5. The number of fused-ring (bicyclic) bond motifs is 7. The number of aliphatic hydroxyl groups is 2. The Bertz CT molecular complexity index is 1430. The SMILES string of the molecule is C[C@H]1[C@H](C)CC[C@]2(C(=O)O)CC[C@]3(C)C(=CC[C@@H]4[C@@]5(C)C[C@@H](OC(=O)/C=C/c6ccc(O)cc6)[C@H](O)[C@@](C)(CO)[C@@H]5CC[C@]43C)[C@H]12. The van der Waals surface area contributed by atoms with Gasteiger partial charge in [-0.05, 0) is 121 Å². The van der Waals surface area contributed by atoms with Crippen molar-refractivity contribution in [3.63, 3.8) is 0 Å². The third-order valence-corrected chi connectivity index (χ3v) is 15.1. The zero-order chi connectivity index (χ0) is 33.4. The molecule has 0 aromatic heterocycles. The summed E-state index contributed by atoms with van der Waals surface area (Å²) in [4.78, 5) is 26.1. The average Bonchev–Trinajstić information content (AvgIpc) is 3.01. The summed E-state index contributed by atoms with van der Waals surface area (Å²) in [6.07, 6.45) is 9.98. The quantitative estimate of drug-likeness (QED) is 0.156. The maximum absolute atomic E-state index is 13.1. The lowest BCUT2D eigenvalue weighted by atomic mass is 9.33. The summed E-state index contributed by atoms with van der Waals surface area (Å²) >= 11 is 0. The van der Waals surface area contributed by atoms with E-state index in [9.17, 15) is 30.0 Å². The smallest absolute Gasteiger partial charge is 0.331 e. The molecule has 0 aliphatic heterocycles. The Balaban J connectivity index is 1.35. The van der Waals surface area contributed by atoms with Gasteiger partial charge in [0.2, 0.25) is 0 Å². The second-order valence-electron chi connectivity index (χ2n) is 16.8. The molecule has 4 N–H and O–H groups in total. The lowest BCUT2D eigenvalue weighted by molar-refractivity contribution is -0.248. The molecule has 0 unspecified atom stereocenters. The van der Waals surface area contributed by atoms with Crippen LogP contribution >= 0.6 is 0 Å². The van der Waals surface area contributed by atoms with Gasteiger partial charge in [0.1, 0.15) is 11.9 Å². The summed E-state index contributed by atoms with van der Waals surface area (Å²) in [5.41, 5.74) is -0.0319. The second kappa shape index (κ2) is 11.2. The number of benzene rings is 1. The lowest BCUT2D eigenvalue weighted by Gasteiger charge is -2.71. The van der Waals surface area contributed by atoms with Gasteiger partial charge in [0.15, 0.2) is 0 Å². The number of carbonyl (C=O) groups excluding carboxylic acids is 1. The van der Waals surface area contributed by atoms with Gasteiger partial charge in [0.05, 0.1) is 18.1 Å². The number of aliphatic hydroxyl groups excluding tert-OH is 2. The standard InChI is InChI=1S/C39H54O7/c1-23-15-18-39(34(44)45)20-19-37(5)27(32(39)24(23)2)12-13-30-35(3)21-28(46-31(42)14-9-25-7-10-26(41)11-8-25)33(43)36(4,22-40)29(35)16-17-38(30,37)6/h7-12,14,23-24,28-30,32-33,40-41,43H,13,15-22H2,1-6H3,(H,44,45)/b14-9+/t23-,24+,28-,29-,30-,32+,33+,35+,36+,37-,38-,39+/m1/s1. The van der Waals surface area contributed by atoms with Crippen LogP contribution in [0.1, 0.15) is 98.5 Å². The third kappa shape index (κ3) is 4.57. The van der Waals surface area contributed by atoms with Crippen LogP contribution in [0.3, 0.4) is 0 Å². The van der Waals surface area contributed by atoms with Gasteiger partial charge in [-0.25, -0.2) is 4.79 Å². The van der Waals surface area contributed by atoms with Gasteiger partial charge in [-0.2, -0.15) is 0 Å². The first-order valence-corrected chi connectivity index (χ1v) is 17.5. The van der Waals surface area contributed by atoms with E-state index in [4.69, 9.17) is 4.74 Å². The zero-order valence-corrected chi connectivity index (χ0v) is 28.5. The number of phenolic OH excluding ortho intramolecular Hbond substituents is 1. The van der Waals surface area contributed by atoms with Crippen molar-refractivity contribution in [3.8, 4) is 5.75 Å². The highest BCUT2D eigenvalue weighted by atomic mass is 16.6. The molecule has 5 aliphatic carbocycles. The van der Waals surface area contributed by atoms with Crippen molar-refractivity contribution in [2.75, 3.05) is 6.61 Å². The minimum absolute atomic E-state index is 0.0285. The van der Waals surface area contributed by atoms with Crippen LogP contribution in [0.15, 0.2) is 42.0 Å². The number of carbonyl (C=O) groups is 2. The van der Waals surface area contributed by atoms with Crippen molar-refractivity contribution in [1.29, 1.82) is 0 Å². The molecule has 0 heterocycles. The van der Waals surface area contributed by atoms with Crippen molar-refractivity contribution >= 4 is 18.0 Å². The number of aromatic hydroxyl groups is 1. The van der Waals surface area contributed by atoms with Crippen LogP contribution in [0.2, 0.25) is 0 Å². The van der Waals surface area contributed by atoms with E-state index in [0.29, 0.717) is 24.7 Å². The molecule has 7 heteroatoms. The summed E-state index contributed by atoms with van der Waals surface area (Å²) in [5.74, 6) is 0.0153. The molecular formula is C39H54O7. The molecule has 7 nitrogen and oxygen atoms in total. The first-order chi connectivity index (χ1) is 21.6. The lowest BCUT2D eigenvalue weighted by Crippen LogP contribution is -2.68. The molecular weight excluding hydrogens is 580 g/mol. The maximum Gasteiger partial charge on any atom is 0.331 e. The summed E-state index contributed by atoms with van der Waals surface area (Å²) in [5, 5.41) is 42.8. The monoisotopic (exact) mass is 634 g/mol. The Hall–Kier alpha value is -2.64. The van der Waals surface area contributed by atoms with Gasteiger partial charge in [0.25, 0.3) is 0 Å². The third-order valence-electron chi connectivity index (χ3n) is 15.1. The highest BCUT2D eigenvalue weighted by Crippen LogP contribution is 2.75. The van der Waals surface area contributed by atoms with E-state index < -0.39 is 35.0 Å². The van der Waals surface area contributed by atoms with Crippen molar-refractivity contribution in [2.45, 2.75) is 105 Å². The molecule has 12 atom stereocenters. The average molecular weight is 635 g/mol. The topological polar surface area (TPSA) is 124 Å². The molecule has 0 radical (unpaired) electrons. The molecule has 1 aromatic carbocycles. The Morgan fingerprint density at radius 2 is 1.67 bits per heavy atom. The predicted molar refractivity (Wildman–Crippen MR) is 176 cm³/mol. The maximum atomic E-state index is 13.1. The van der Waals surface area contributed by atoms with E-state index in [1.54, 1.807) is 30.3 Å². The fraction of sp³-hybridized carbons (Fsp3) is 0.692. The fourth-order valence-corrected chi connectivity index (χ4v) is 12.0. The number of phenols is 1. The number of hydrogen-bond acceptors (Lipinski definition) is 6. The molecule has 5 aliphatic rings. The molecule has 4 saturated carbocycles. The summed E-state index contributed by atoms with van der Waals surface area (Å²) in [7, 11) is 0. The van der Waals surface area contributed by atoms with Crippen molar-refractivity contribution in [3.05, 3.63) is 47.6 Å². The van der Waals surface area contributed by atoms with Gasteiger partial charge in [-0.3, -0.25) is 4.79 Å². The molecule has 0 bridgehead atoms. The van der Waals surface area contributed by atoms with E-state index in [0.717, 1.165) is 44.1 Å². The van der Waals surface area contributed by atoms with E-state index in [1.165, 1.54) is 11.6 Å². The largest absolute Gasteiger partial charge is 0.508 e. The molecule has 0 saturated heterocycles. The van der Waals surface area contributed by atoms with E-state index in [-0.39, 0.29) is 46.4 Å². The summed E-state index contributed by atoms with van der Waals surface area (Å²) in [6.45, 7) is 13.4. The predicted octanol–water partition coefficient (Wildman–Crippen LogP) is 7.00. The number of esters is 1. The summed E-state index contributed by atoms with van der Waals surface area (Å²) < 4.78 is 6.02. The van der Waals surface area contributed by atoms with Crippen LogP contribution in [0.5, 0.6) is 5.75 Å². The fourth-order valence-electron chi connectivity index (χ4n) is 12.0. The molecule has 0 amide bonds. The highest BCUT2D eigenvalue weighted by Gasteiger charge is 2.71. The number of carboxylic acids is 1. The minimum atomic E-state index is -1.01. The van der Waals surface area contributed by atoms with Gasteiger partial charge in [-0.15, -0.1) is 0 Å². The van der Waals surface area contributed by atoms with Gasteiger partial charge < -0.3 is 25.2 Å². The van der Waals surface area contributed by atoms with Gasteiger partial charge in [0, 0.05) is 11.5 Å². The molecule has 6 rings (SSSR count). The van der Waals surface area contributed by atoms with Gasteiger partial charge >= 0.3 is 11.9 Å². The van der Waals surface area contributed by atoms with Crippen molar-refractivity contribution in [2.24, 2.45) is 56.7 Å². The normalized spacial score (nSPS) is 46.7. The second-order valence-corrected chi connectivity index (χ2v) is 16.8. The Kier molecular flexibility index (Phi) is 8.12. The molecule has 252 valence electrons. The van der Waals surface area contributed by atoms with Crippen molar-refractivity contribution in [1.82, 2.24) is 0 Å². The van der Waals surface area contributed by atoms with Crippen LogP contribution in [-0.4, -0.2) is 51.2 Å². The molecule has 1 aromatic rings. The Morgan fingerprint density at radius 1 is 0.978 bits per heavy atom. The minimum Gasteiger partial charge on any atom is -0.508 e. The van der Waals surface area contributed by atoms with E-state index >= 15 is 0 Å². The number of carboxylic acid groups (broad SMARTS) is 1. The first kappa shape index (κ1) is 33.3. The number of allylic oxidation sites excluding steroid dienone is 2. The summed E-state index contributed by atoms with van der Waals surface area (Å²) in [6, 6.07) is 6.52. The van der Waals surface area contributed by atoms with Crippen molar-refractivity contribution < 1.29 is 34.8 Å². The van der Waals surface area contributed by atoms with Crippen LogP contribution in [0.4, 0.5) is 0 Å². The van der Waals surface area contributed by atoms with E-state index in [1.807, 2.05) is 6.92 Å². The van der Waals surface area contributed by atoms with Crippen LogP contribution in [0, 0.1) is 56.7 Å². The Morgan fingerprint density at radius 3 is 2.33 bits per heavy atom. The molecule has 4 fully saturated rings. The molecule has 0 spiro atoms. The van der Waals surface area contributed by atoms with Crippen LogP contribution in [0.25, 0.3) is 6.08 Å². The molecule has 46 heavy (non-hydrogen) atoms. The number of hydrogen-bond donors (Lipinski definition) is 4. The number of aliphatic carboxylic acids is 1. The van der Waals surface area contributed by atoms with E-state index in [2.05, 4.69) is 40.7 Å².